The fraction of sp³-hybridized carbons (Fsp3) is 0.127. The molecule has 0 saturated carbocycles. The molecule has 0 aliphatic heterocycles. The minimum Gasteiger partial charge on any atom is -0.310 e. The van der Waals surface area contributed by atoms with E-state index < -0.39 is 0 Å². The van der Waals surface area contributed by atoms with Crippen LogP contribution in [0.3, 0.4) is 0 Å². The SMILES string of the molecule is Cc1ccc2cccc(-n3ccc[n+]3C)n12.Cc1cccc(C)c1-n1cc[n+](C)c1-c1c(C)ccc2cccn12.Cc1ccccc1-c1c2cc3ccccc3n2cc[n+]1C.Cc1ccccc1-c1c2ccccc2n2ccc[n+](C)c12.Cc1ccccc1-c1cccn2c3ccccc3[n+](C)c12.Cc1ccccc1-c1ccn2c3ccccc3cc2[n+]1C. The highest BCUT2D eigenvalue weighted by molar-refractivity contribution is 6.04. The lowest BCUT2D eigenvalue weighted by molar-refractivity contribution is -0.744. The van der Waals surface area contributed by atoms with Gasteiger partial charge in [-0.05, 0) is 209 Å². The number of imidazole rings is 2. The molecule has 23 rings (SSSR count). The summed E-state index contributed by atoms with van der Waals surface area (Å²) in [7, 11) is 12.6. The molecular formula is C110H104N14+6. The van der Waals surface area contributed by atoms with Crippen LogP contribution in [0.4, 0.5) is 0 Å². The van der Waals surface area contributed by atoms with Crippen LogP contribution in [0.1, 0.15) is 44.6 Å². The van der Waals surface area contributed by atoms with E-state index in [1.165, 1.54) is 184 Å². The van der Waals surface area contributed by atoms with E-state index in [2.05, 4.69) is 519 Å². The summed E-state index contributed by atoms with van der Waals surface area (Å²) in [6, 6.07) is 109. The third kappa shape index (κ3) is 14.6. The largest absolute Gasteiger partial charge is 0.311 e. The first kappa shape index (κ1) is 79.8. The highest BCUT2D eigenvalue weighted by Crippen LogP contribution is 2.37. The maximum absolute atomic E-state index is 2.31. The third-order valence-corrected chi connectivity index (χ3v) is 24.6. The molecule has 124 heavy (non-hydrogen) atoms. The van der Waals surface area contributed by atoms with Gasteiger partial charge in [-0.2, -0.15) is 22.3 Å². The van der Waals surface area contributed by atoms with E-state index in [1.54, 1.807) is 0 Å². The Hall–Kier alpha value is -15.3. The van der Waals surface area contributed by atoms with Crippen LogP contribution >= 0.6 is 0 Å². The molecule has 608 valence electrons. The molecule has 0 aliphatic rings. The average Bonchev–Trinajstić information content (AvgIpc) is 1.58. The van der Waals surface area contributed by atoms with Gasteiger partial charge in [-0.25, -0.2) is 18.3 Å². The summed E-state index contributed by atoms with van der Waals surface area (Å²) in [5.41, 5.74) is 36.6. The molecule has 9 aromatic carbocycles. The third-order valence-electron chi connectivity index (χ3n) is 24.6. The lowest BCUT2D eigenvalue weighted by Crippen LogP contribution is -2.37. The van der Waals surface area contributed by atoms with Crippen molar-refractivity contribution >= 4 is 77.2 Å². The number of rotatable bonds is 7. The standard InChI is InChI=1S/C21H22N3.4C19H17N2.C13H14N3/c1-15-7-5-8-16(2)19(15)24-14-13-22(4)21(24)20-17(3)10-11-18-9-6-12-23(18)20;1-14-7-3-5-9-16(14)19-18-13-15-8-4-6-10-17(15)21(18)12-11-20(19)2;1-14-7-3-5-9-16(14)18-11-12-21-17-10-6-4-8-15(17)13-19(21)20(18)2;1-14-8-3-4-9-15(14)16-10-7-13-21-18-12-6-5-11-17(18)20(2)19(16)21;1-14-8-3-4-9-15(14)18-16-10-5-6-11-17(16)21-13-7-12-20(2)19(18)21;1-11-7-8-12-5-3-6-13(16(11)12)15-10-4-9-14(15)2/h5-14H,1-4H3;4*3-13H,1-2H3;3-10H,1-2H3/q6*+1. The van der Waals surface area contributed by atoms with Gasteiger partial charge in [0.1, 0.15) is 65.5 Å². The van der Waals surface area contributed by atoms with Gasteiger partial charge >= 0.3 is 5.82 Å². The monoisotopic (exact) mass is 1620 g/mol. The Morgan fingerprint density at radius 3 is 1.53 bits per heavy atom. The average molecular weight is 1620 g/mol. The molecule has 0 aliphatic carbocycles. The Balaban J connectivity index is 0.000000102. The number of fused-ring (bicyclic) bond motifs is 14. The normalized spacial score (nSPS) is 11.3. The topological polar surface area (TPSA) is 59.6 Å². The molecule has 0 spiro atoms. The first-order valence-corrected chi connectivity index (χ1v) is 42.5. The number of aromatic nitrogens is 14. The van der Waals surface area contributed by atoms with E-state index in [4.69, 9.17) is 0 Å². The predicted molar refractivity (Wildman–Crippen MR) is 505 cm³/mol. The van der Waals surface area contributed by atoms with Gasteiger partial charge in [0.2, 0.25) is 5.69 Å². The Morgan fingerprint density at radius 1 is 0.290 bits per heavy atom. The molecule has 0 amide bonds. The first-order valence-electron chi connectivity index (χ1n) is 42.5. The second-order valence-corrected chi connectivity index (χ2v) is 32.6. The smallest absolute Gasteiger partial charge is 0.310 e. The van der Waals surface area contributed by atoms with Crippen LogP contribution in [-0.4, -0.2) is 35.7 Å². The number of para-hydroxylation sites is 6. The summed E-state index contributed by atoms with van der Waals surface area (Å²) in [5.74, 6) is 2.35. The van der Waals surface area contributed by atoms with Gasteiger partial charge in [-0.1, -0.05) is 182 Å². The quantitative estimate of drug-likeness (QED) is 0.143. The predicted octanol–water partition coefficient (Wildman–Crippen LogP) is 21.6. The van der Waals surface area contributed by atoms with Gasteiger partial charge in [0.25, 0.3) is 16.9 Å². The van der Waals surface area contributed by atoms with Crippen molar-refractivity contribution in [1.29, 1.82) is 0 Å². The van der Waals surface area contributed by atoms with Crippen LogP contribution in [0.2, 0.25) is 0 Å². The number of nitrogens with zero attached hydrogens (tertiary/aromatic N) is 14. The molecule has 0 N–H and O–H groups in total. The van der Waals surface area contributed by atoms with E-state index in [1.807, 2.05) is 19.3 Å². The van der Waals surface area contributed by atoms with Gasteiger partial charge in [0.05, 0.1) is 75.2 Å². The summed E-state index contributed by atoms with van der Waals surface area (Å²) < 4.78 is 31.2. The Bertz CT molecular complexity index is 7930. The first-order chi connectivity index (χ1) is 60.4. The second kappa shape index (κ2) is 33.7. The number of benzene rings is 9. The lowest BCUT2D eigenvalue weighted by atomic mass is 9.99. The summed E-state index contributed by atoms with van der Waals surface area (Å²) in [5, 5.41) is 3.85. The summed E-state index contributed by atoms with van der Waals surface area (Å²) in [6.07, 6.45) is 23.3. The highest BCUT2D eigenvalue weighted by Gasteiger charge is 2.28. The number of aryl methyl sites for hydroxylation is 14. The zero-order valence-corrected chi connectivity index (χ0v) is 73.1. The maximum atomic E-state index is 2.31. The molecule has 0 bridgehead atoms. The van der Waals surface area contributed by atoms with Crippen LogP contribution in [0.15, 0.2) is 378 Å². The molecule has 0 saturated heterocycles. The zero-order chi connectivity index (χ0) is 85.6. The van der Waals surface area contributed by atoms with E-state index >= 15 is 0 Å². The van der Waals surface area contributed by atoms with E-state index in [-0.39, 0.29) is 0 Å². The minimum absolute atomic E-state index is 1.16. The van der Waals surface area contributed by atoms with Crippen LogP contribution in [0, 0.1) is 55.4 Å². The van der Waals surface area contributed by atoms with Crippen molar-refractivity contribution < 1.29 is 27.5 Å². The molecular weight excluding hydrogens is 1520 g/mol. The molecule has 0 radical (unpaired) electrons. The van der Waals surface area contributed by atoms with Gasteiger partial charge in [0.15, 0.2) is 36.3 Å². The van der Waals surface area contributed by atoms with Crippen molar-refractivity contribution in [3.8, 4) is 67.8 Å². The Labute approximate surface area is 723 Å². The summed E-state index contributed by atoms with van der Waals surface area (Å²) in [6.45, 7) is 17.3. The summed E-state index contributed by atoms with van der Waals surface area (Å²) in [4.78, 5) is 0. The fourth-order valence-electron chi connectivity index (χ4n) is 18.3. The van der Waals surface area contributed by atoms with Crippen LogP contribution < -0.4 is 27.5 Å². The molecule has 14 aromatic heterocycles. The zero-order valence-electron chi connectivity index (χ0n) is 73.1. The number of pyridine rings is 3. The second-order valence-electron chi connectivity index (χ2n) is 32.6. The summed E-state index contributed by atoms with van der Waals surface area (Å²) >= 11 is 0. The number of hydrogen-bond donors (Lipinski definition) is 0. The number of hydrogen-bond acceptors (Lipinski definition) is 0. The molecule has 0 atom stereocenters. The fourth-order valence-corrected chi connectivity index (χ4v) is 18.3. The Kier molecular flexibility index (Phi) is 21.7. The highest BCUT2D eigenvalue weighted by atomic mass is 15.4. The molecule has 14 heteroatoms. The van der Waals surface area contributed by atoms with E-state index in [0.29, 0.717) is 0 Å². The van der Waals surface area contributed by atoms with Crippen LogP contribution in [-0.2, 0) is 42.3 Å². The maximum Gasteiger partial charge on any atom is 0.311 e. The van der Waals surface area contributed by atoms with Gasteiger partial charge < -0.3 is 8.80 Å². The minimum atomic E-state index is 1.16. The van der Waals surface area contributed by atoms with Gasteiger partial charge in [0, 0.05) is 68.9 Å². The van der Waals surface area contributed by atoms with Gasteiger partial charge in [-0.15, -0.1) is 9.36 Å². The molecule has 23 aromatic rings. The lowest BCUT2D eigenvalue weighted by Gasteiger charge is -2.12. The van der Waals surface area contributed by atoms with Crippen LogP contribution in [0.5, 0.6) is 0 Å². The van der Waals surface area contributed by atoms with Crippen molar-refractivity contribution in [3.63, 3.8) is 0 Å². The van der Waals surface area contributed by atoms with E-state index in [0.717, 1.165) is 5.82 Å². The van der Waals surface area contributed by atoms with Crippen molar-refractivity contribution in [2.24, 2.45) is 42.3 Å². The molecule has 0 unspecified atom stereocenters. The van der Waals surface area contributed by atoms with Crippen molar-refractivity contribution in [3.05, 3.63) is 422 Å². The van der Waals surface area contributed by atoms with Crippen LogP contribution in [0.25, 0.3) is 145 Å². The molecule has 14 heterocycles. The molecule has 0 fully saturated rings. The van der Waals surface area contributed by atoms with E-state index in [9.17, 15) is 0 Å². The Morgan fingerprint density at radius 2 is 0.831 bits per heavy atom. The molecule has 14 nitrogen and oxygen atoms in total. The van der Waals surface area contributed by atoms with Crippen molar-refractivity contribution in [2.45, 2.75) is 55.4 Å². The van der Waals surface area contributed by atoms with Gasteiger partial charge in [-0.3, -0.25) is 4.40 Å². The van der Waals surface area contributed by atoms with Crippen molar-refractivity contribution in [2.75, 3.05) is 0 Å². The van der Waals surface area contributed by atoms with Crippen molar-refractivity contribution in [1.82, 2.24) is 35.7 Å².